The smallest absolute Gasteiger partial charge is 0.185 e. The summed E-state index contributed by atoms with van der Waals surface area (Å²) in [5.74, 6) is 0.235. The topological polar surface area (TPSA) is 65.0 Å². The largest absolute Gasteiger partial charge is 0.497 e. The first-order valence-corrected chi connectivity index (χ1v) is 6.55. The zero-order chi connectivity index (χ0) is 16.1. The van der Waals surface area contributed by atoms with Gasteiger partial charge in [0.1, 0.15) is 11.4 Å². The van der Waals surface area contributed by atoms with Gasteiger partial charge in [-0.05, 0) is 32.4 Å². The molecule has 0 aromatic rings. The summed E-state index contributed by atoms with van der Waals surface area (Å²) in [5.41, 5.74) is -1.34. The van der Waals surface area contributed by atoms with E-state index in [4.69, 9.17) is 14.7 Å². The molecule has 0 amide bonds. The third-order valence-electron chi connectivity index (χ3n) is 3.24. The van der Waals surface area contributed by atoms with Gasteiger partial charge in [0.05, 0.1) is 7.11 Å². The molecule has 21 heavy (non-hydrogen) atoms. The van der Waals surface area contributed by atoms with Gasteiger partial charge in [0, 0.05) is 18.8 Å². The average Bonchev–Trinajstić information content (AvgIpc) is 2.48. The van der Waals surface area contributed by atoms with Crippen LogP contribution in [-0.4, -0.2) is 36.5 Å². The summed E-state index contributed by atoms with van der Waals surface area (Å²) in [6, 6.07) is 0. The average molecular weight is 294 g/mol. The molecule has 116 valence electrons. The molecule has 1 rings (SSSR count). The Bertz CT molecular complexity index is 499. The molecule has 0 saturated carbocycles. The minimum absolute atomic E-state index is 0.134. The van der Waals surface area contributed by atoms with E-state index in [1.54, 1.807) is 38.2 Å². The lowest BCUT2D eigenvalue weighted by molar-refractivity contribution is -0.297. The molecule has 1 atom stereocenters. The van der Waals surface area contributed by atoms with Crippen molar-refractivity contribution in [2.75, 3.05) is 14.2 Å². The van der Waals surface area contributed by atoms with Gasteiger partial charge in [-0.1, -0.05) is 12.2 Å². The molecule has 5 heteroatoms. The maximum atomic E-state index is 12.0. The van der Waals surface area contributed by atoms with Crippen molar-refractivity contribution < 1.29 is 24.4 Å². The van der Waals surface area contributed by atoms with E-state index in [0.717, 1.165) is 0 Å². The van der Waals surface area contributed by atoms with Crippen molar-refractivity contribution in [1.29, 1.82) is 0 Å². The molecule has 0 aromatic carbocycles. The van der Waals surface area contributed by atoms with Gasteiger partial charge in [0.2, 0.25) is 0 Å². The van der Waals surface area contributed by atoms with Crippen LogP contribution < -0.4 is 0 Å². The zero-order valence-electron chi connectivity index (χ0n) is 12.9. The van der Waals surface area contributed by atoms with Crippen LogP contribution in [0.2, 0.25) is 0 Å². The van der Waals surface area contributed by atoms with Gasteiger partial charge in [-0.15, -0.1) is 6.58 Å². The molecule has 0 aliphatic heterocycles. The van der Waals surface area contributed by atoms with Crippen LogP contribution in [0.15, 0.2) is 48.3 Å². The van der Waals surface area contributed by atoms with Crippen LogP contribution in [-0.2, 0) is 19.2 Å². The van der Waals surface area contributed by atoms with Crippen molar-refractivity contribution in [2.24, 2.45) is 0 Å². The molecule has 1 N–H and O–H groups in total. The van der Waals surface area contributed by atoms with Crippen LogP contribution in [0.1, 0.15) is 20.3 Å². The highest BCUT2D eigenvalue weighted by Gasteiger charge is 2.37. The van der Waals surface area contributed by atoms with Gasteiger partial charge < -0.3 is 9.47 Å². The van der Waals surface area contributed by atoms with Crippen molar-refractivity contribution in [3.05, 3.63) is 48.3 Å². The molecule has 1 aliphatic carbocycles. The Labute approximate surface area is 125 Å². The minimum atomic E-state index is -1.02. The first-order chi connectivity index (χ1) is 9.84. The van der Waals surface area contributed by atoms with Crippen molar-refractivity contribution in [3.63, 3.8) is 0 Å². The number of hydrogen-bond acceptors (Lipinski definition) is 5. The Morgan fingerprint density at radius 3 is 2.57 bits per heavy atom. The Balaban J connectivity index is 3.29. The van der Waals surface area contributed by atoms with Gasteiger partial charge >= 0.3 is 0 Å². The lowest BCUT2D eigenvalue weighted by Crippen LogP contribution is -2.35. The Hall–Kier alpha value is -1.69. The van der Waals surface area contributed by atoms with Crippen LogP contribution in [0.4, 0.5) is 0 Å². The fourth-order valence-corrected chi connectivity index (χ4v) is 1.97. The van der Waals surface area contributed by atoms with E-state index < -0.39 is 11.2 Å². The highest BCUT2D eigenvalue weighted by atomic mass is 17.1. The lowest BCUT2D eigenvalue weighted by atomic mass is 9.87. The molecule has 0 spiro atoms. The second-order valence-corrected chi connectivity index (χ2v) is 5.26. The SMILES string of the molecule is C=CCC1=C[C@](/C=C/C(C)(C)OO)(OC)C(OC)=CC1=O. The third-order valence-corrected chi connectivity index (χ3v) is 3.24. The normalized spacial score (nSPS) is 23.0. The third kappa shape index (κ3) is 3.91. The number of rotatable bonds is 7. The second kappa shape index (κ2) is 6.85. The molecule has 0 radical (unpaired) electrons. The summed E-state index contributed by atoms with van der Waals surface area (Å²) >= 11 is 0. The number of hydrogen-bond donors (Lipinski definition) is 1. The summed E-state index contributed by atoms with van der Waals surface area (Å²) in [6.07, 6.45) is 8.51. The number of carbonyl (C=O) groups is 1. The Kier molecular flexibility index (Phi) is 5.66. The van der Waals surface area contributed by atoms with Gasteiger partial charge in [-0.3, -0.25) is 10.1 Å². The van der Waals surface area contributed by atoms with Gasteiger partial charge in [0.15, 0.2) is 11.4 Å². The number of carbonyl (C=O) groups excluding carboxylic acids is 1. The molecular weight excluding hydrogens is 272 g/mol. The molecular formula is C16H22O5. The molecule has 0 heterocycles. The van der Waals surface area contributed by atoms with Crippen molar-refractivity contribution in [1.82, 2.24) is 0 Å². The van der Waals surface area contributed by atoms with Crippen LogP contribution in [0, 0.1) is 0 Å². The highest BCUT2D eigenvalue weighted by molar-refractivity contribution is 6.06. The van der Waals surface area contributed by atoms with Crippen LogP contribution >= 0.6 is 0 Å². The number of allylic oxidation sites excluding steroid dienone is 3. The van der Waals surface area contributed by atoms with Crippen molar-refractivity contribution in [2.45, 2.75) is 31.5 Å². The monoisotopic (exact) mass is 294 g/mol. The number of ether oxygens (including phenoxy) is 2. The van der Waals surface area contributed by atoms with E-state index in [1.807, 2.05) is 0 Å². The molecule has 5 nitrogen and oxygen atoms in total. The Morgan fingerprint density at radius 2 is 2.10 bits per heavy atom. The first kappa shape index (κ1) is 17.4. The quantitative estimate of drug-likeness (QED) is 0.444. The van der Waals surface area contributed by atoms with E-state index in [-0.39, 0.29) is 5.78 Å². The highest BCUT2D eigenvalue weighted by Crippen LogP contribution is 2.33. The summed E-state index contributed by atoms with van der Waals surface area (Å²) in [4.78, 5) is 16.4. The maximum Gasteiger partial charge on any atom is 0.185 e. The first-order valence-electron chi connectivity index (χ1n) is 6.55. The van der Waals surface area contributed by atoms with Gasteiger partial charge in [-0.25, -0.2) is 4.89 Å². The van der Waals surface area contributed by atoms with Crippen LogP contribution in [0.5, 0.6) is 0 Å². The van der Waals surface area contributed by atoms with E-state index >= 15 is 0 Å². The molecule has 0 aromatic heterocycles. The zero-order valence-corrected chi connectivity index (χ0v) is 12.9. The summed E-state index contributed by atoms with van der Waals surface area (Å²) in [5, 5.41) is 8.86. The van der Waals surface area contributed by atoms with Crippen molar-refractivity contribution in [3.8, 4) is 0 Å². The maximum absolute atomic E-state index is 12.0. The van der Waals surface area contributed by atoms with Gasteiger partial charge in [0.25, 0.3) is 0 Å². The molecule has 0 unspecified atom stereocenters. The van der Waals surface area contributed by atoms with E-state index in [2.05, 4.69) is 11.5 Å². The predicted molar refractivity (Wildman–Crippen MR) is 79.7 cm³/mol. The van der Waals surface area contributed by atoms with Crippen LogP contribution in [0.3, 0.4) is 0 Å². The molecule has 0 bridgehead atoms. The summed E-state index contributed by atoms with van der Waals surface area (Å²) in [6.45, 7) is 7.02. The lowest BCUT2D eigenvalue weighted by Gasteiger charge is -2.32. The van der Waals surface area contributed by atoms with E-state index in [1.165, 1.54) is 20.3 Å². The van der Waals surface area contributed by atoms with E-state index in [0.29, 0.717) is 17.8 Å². The fraction of sp³-hybridized carbons (Fsp3) is 0.438. The number of ketones is 1. The Morgan fingerprint density at radius 1 is 1.43 bits per heavy atom. The summed E-state index contributed by atoms with van der Waals surface area (Å²) < 4.78 is 10.9. The van der Waals surface area contributed by atoms with Gasteiger partial charge in [-0.2, -0.15) is 0 Å². The second-order valence-electron chi connectivity index (χ2n) is 5.26. The molecule has 0 saturated heterocycles. The predicted octanol–water partition coefficient (Wildman–Crippen LogP) is 2.81. The van der Waals surface area contributed by atoms with Crippen LogP contribution in [0.25, 0.3) is 0 Å². The van der Waals surface area contributed by atoms with E-state index in [9.17, 15) is 4.79 Å². The summed E-state index contributed by atoms with van der Waals surface area (Å²) in [7, 11) is 2.99. The molecule has 1 aliphatic rings. The van der Waals surface area contributed by atoms with Crippen molar-refractivity contribution >= 4 is 5.78 Å². The standard InChI is InChI=1S/C16H22O5/c1-6-7-12-11-16(20-5,9-8-15(2,3)21-18)14(19-4)10-13(12)17/h6,8-11,18H,1,7H2,2-5H3/b9-8+/t16-/m0/s1. The minimum Gasteiger partial charge on any atom is -0.497 e. The molecule has 0 fully saturated rings. The number of methoxy groups -OCH3 is 2. The fourth-order valence-electron chi connectivity index (χ4n) is 1.97.